The monoisotopic (exact) mass is 690 g/mol. The standard InChI is InChI=1S/C39H36ClFN6O3/c1-23-33(11-10-26(19-42)37(23)40)47-22-29(18-34(47)27-4-2-13-43-21-27)50-15-3-5-35(48)45-20-24-6-8-25(9-7-24)38-30-12-14-44-39(49)31-16-28(41)17-32(46-38)36(30)31/h2,4,6-11,13,16-17,21,29,34,46H,3,5,12,14-15,18,20,22H2,1H3,(H,44,49)(H,45,48). The number of rotatable bonds is 10. The largest absolute Gasteiger partial charge is 0.376 e. The number of nitriles is 1. The summed E-state index contributed by atoms with van der Waals surface area (Å²) in [7, 11) is 0. The molecule has 254 valence electrons. The molecule has 9 nitrogen and oxygen atoms in total. The molecule has 2 unspecified atom stereocenters. The predicted octanol–water partition coefficient (Wildman–Crippen LogP) is 6.92. The Morgan fingerprint density at radius 1 is 1.20 bits per heavy atom. The Morgan fingerprint density at radius 3 is 2.82 bits per heavy atom. The molecule has 0 aliphatic carbocycles. The van der Waals surface area contributed by atoms with Crippen molar-refractivity contribution in [2.75, 3.05) is 24.6 Å². The number of anilines is 1. The molecule has 2 aliphatic heterocycles. The fourth-order valence-corrected chi connectivity index (χ4v) is 7.35. The Labute approximate surface area is 294 Å². The molecule has 1 fully saturated rings. The third kappa shape index (κ3) is 6.67. The number of nitrogens with zero attached hydrogens (tertiary/aromatic N) is 3. The van der Waals surface area contributed by atoms with Crippen molar-refractivity contribution < 1.29 is 18.7 Å². The molecule has 11 heteroatoms. The number of halogens is 2. The highest BCUT2D eigenvalue weighted by Crippen LogP contribution is 2.41. The average Bonchev–Trinajstić information content (AvgIpc) is 3.67. The second kappa shape index (κ2) is 14.3. The van der Waals surface area contributed by atoms with Crippen LogP contribution in [0.3, 0.4) is 0 Å². The van der Waals surface area contributed by atoms with E-state index in [1.54, 1.807) is 12.3 Å². The second-order valence-electron chi connectivity index (χ2n) is 12.8. The number of hydrogen-bond donors (Lipinski definition) is 3. The van der Waals surface area contributed by atoms with Gasteiger partial charge in [-0.15, -0.1) is 0 Å². The molecule has 0 spiro atoms. The molecular formula is C39H36ClFN6O3. The van der Waals surface area contributed by atoms with Crippen LogP contribution in [0.15, 0.2) is 73.1 Å². The second-order valence-corrected chi connectivity index (χ2v) is 13.2. The maximum Gasteiger partial charge on any atom is 0.252 e. The predicted molar refractivity (Wildman–Crippen MR) is 190 cm³/mol. The maximum atomic E-state index is 14.3. The van der Waals surface area contributed by atoms with Gasteiger partial charge in [0, 0.05) is 67.3 Å². The van der Waals surface area contributed by atoms with E-state index in [2.05, 4.69) is 37.6 Å². The summed E-state index contributed by atoms with van der Waals surface area (Å²) in [4.78, 5) is 35.2. The molecule has 5 aromatic rings. The lowest BCUT2D eigenvalue weighted by molar-refractivity contribution is -0.121. The molecule has 2 aliphatic rings. The van der Waals surface area contributed by atoms with E-state index in [0.717, 1.165) is 51.0 Å². The van der Waals surface area contributed by atoms with Crippen LogP contribution < -0.4 is 15.5 Å². The molecule has 0 bridgehead atoms. The Balaban J connectivity index is 0.925. The van der Waals surface area contributed by atoms with Crippen LogP contribution in [-0.4, -0.2) is 47.6 Å². The third-order valence-electron chi connectivity index (χ3n) is 9.63. The zero-order chi connectivity index (χ0) is 34.8. The summed E-state index contributed by atoms with van der Waals surface area (Å²) < 4.78 is 20.5. The Hall–Kier alpha value is -5.24. The first-order chi connectivity index (χ1) is 24.3. The van der Waals surface area contributed by atoms with Gasteiger partial charge in [0.05, 0.1) is 28.3 Å². The smallest absolute Gasteiger partial charge is 0.252 e. The first kappa shape index (κ1) is 33.3. The van der Waals surface area contributed by atoms with Gasteiger partial charge < -0.3 is 25.3 Å². The maximum absolute atomic E-state index is 14.3. The van der Waals surface area contributed by atoms with Crippen molar-refractivity contribution in [2.24, 2.45) is 0 Å². The van der Waals surface area contributed by atoms with Gasteiger partial charge in [-0.2, -0.15) is 5.26 Å². The van der Waals surface area contributed by atoms with Gasteiger partial charge in [-0.25, -0.2) is 4.39 Å². The van der Waals surface area contributed by atoms with Crippen LogP contribution in [0.5, 0.6) is 0 Å². The zero-order valence-electron chi connectivity index (χ0n) is 27.6. The average molecular weight is 691 g/mol. The molecule has 2 atom stereocenters. The quantitative estimate of drug-likeness (QED) is 0.137. The number of carbonyl (C=O) groups is 2. The zero-order valence-corrected chi connectivity index (χ0v) is 28.3. The molecule has 3 aromatic carbocycles. The highest BCUT2D eigenvalue weighted by Gasteiger charge is 2.35. The van der Waals surface area contributed by atoms with Crippen molar-refractivity contribution in [3.8, 4) is 17.3 Å². The minimum atomic E-state index is -0.457. The molecular weight excluding hydrogens is 655 g/mol. The fraction of sp³-hybridized carbons (Fsp3) is 0.282. The molecule has 2 aromatic heterocycles. The Morgan fingerprint density at radius 2 is 2.04 bits per heavy atom. The number of amides is 2. The molecule has 50 heavy (non-hydrogen) atoms. The summed E-state index contributed by atoms with van der Waals surface area (Å²) in [5.74, 6) is -0.775. The highest BCUT2D eigenvalue weighted by atomic mass is 35.5. The number of H-pyrrole nitrogens is 1. The first-order valence-corrected chi connectivity index (χ1v) is 17.1. The van der Waals surface area contributed by atoms with E-state index < -0.39 is 5.82 Å². The van der Waals surface area contributed by atoms with Gasteiger partial charge in [-0.1, -0.05) is 41.9 Å². The van der Waals surface area contributed by atoms with E-state index in [-0.39, 0.29) is 24.0 Å². The number of nitrogens with one attached hydrogen (secondary N) is 3. The van der Waals surface area contributed by atoms with Crippen molar-refractivity contribution in [1.82, 2.24) is 20.6 Å². The molecule has 1 saturated heterocycles. The van der Waals surface area contributed by atoms with E-state index >= 15 is 0 Å². The van der Waals surface area contributed by atoms with Crippen LogP contribution in [0.4, 0.5) is 10.1 Å². The van der Waals surface area contributed by atoms with E-state index in [1.165, 1.54) is 12.1 Å². The number of aromatic nitrogens is 2. The number of aromatic amines is 1. The molecule has 7 rings (SSSR count). The van der Waals surface area contributed by atoms with Crippen molar-refractivity contribution in [2.45, 2.75) is 51.3 Å². The van der Waals surface area contributed by atoms with Crippen LogP contribution in [0.25, 0.3) is 22.2 Å². The minimum absolute atomic E-state index is 0.0386. The lowest BCUT2D eigenvalue weighted by atomic mass is 9.99. The van der Waals surface area contributed by atoms with Crippen LogP contribution in [0, 0.1) is 24.1 Å². The number of carbonyl (C=O) groups excluding carboxylic acids is 2. The van der Waals surface area contributed by atoms with E-state index in [0.29, 0.717) is 67.2 Å². The number of benzene rings is 3. The molecule has 0 saturated carbocycles. The topological polar surface area (TPSA) is 123 Å². The summed E-state index contributed by atoms with van der Waals surface area (Å²) in [6, 6.07) is 20.5. The van der Waals surface area contributed by atoms with Crippen molar-refractivity contribution >= 4 is 40.0 Å². The van der Waals surface area contributed by atoms with Gasteiger partial charge >= 0.3 is 0 Å². The van der Waals surface area contributed by atoms with Gasteiger partial charge in [0.2, 0.25) is 5.91 Å². The highest BCUT2D eigenvalue weighted by molar-refractivity contribution is 6.32. The van der Waals surface area contributed by atoms with Gasteiger partial charge in [0.25, 0.3) is 5.91 Å². The number of hydrogen-bond acceptors (Lipinski definition) is 6. The van der Waals surface area contributed by atoms with E-state index in [4.69, 9.17) is 16.3 Å². The summed E-state index contributed by atoms with van der Waals surface area (Å²) in [6.07, 6.45) is 5.91. The summed E-state index contributed by atoms with van der Waals surface area (Å²) in [5.41, 5.74) is 8.04. The van der Waals surface area contributed by atoms with E-state index in [1.807, 2.05) is 49.5 Å². The van der Waals surface area contributed by atoms with Gasteiger partial charge in [-0.05, 0) is 84.3 Å². The molecule has 2 amide bonds. The normalized spacial score (nSPS) is 17.0. The van der Waals surface area contributed by atoms with Crippen molar-refractivity contribution in [3.05, 3.63) is 117 Å². The van der Waals surface area contributed by atoms with Crippen LogP contribution >= 0.6 is 11.6 Å². The Kier molecular flexibility index (Phi) is 9.52. The SMILES string of the molecule is Cc1c(N2CC(OCCCC(=O)NCc3ccc(-c4[nH]c5cc(F)cc6c5c4CCNC6=O)cc3)CC2c2cccnc2)ccc(C#N)c1Cl. The van der Waals surface area contributed by atoms with Crippen LogP contribution in [0.1, 0.15) is 63.5 Å². The third-order valence-corrected chi connectivity index (χ3v) is 10.1. The lowest BCUT2D eigenvalue weighted by Crippen LogP contribution is -2.26. The molecule has 3 N–H and O–H groups in total. The van der Waals surface area contributed by atoms with Gasteiger partial charge in [0.1, 0.15) is 11.9 Å². The number of ether oxygens (including phenoxy) is 1. The van der Waals surface area contributed by atoms with E-state index in [9.17, 15) is 19.2 Å². The Bertz CT molecular complexity index is 2110. The van der Waals surface area contributed by atoms with Crippen LogP contribution in [-0.2, 0) is 22.5 Å². The van der Waals surface area contributed by atoms with Crippen LogP contribution in [0.2, 0.25) is 5.02 Å². The van der Waals surface area contributed by atoms with Crippen molar-refractivity contribution in [3.63, 3.8) is 0 Å². The number of pyridine rings is 1. The summed E-state index contributed by atoms with van der Waals surface area (Å²) in [6.45, 7) is 3.90. The summed E-state index contributed by atoms with van der Waals surface area (Å²) in [5, 5.41) is 16.5. The summed E-state index contributed by atoms with van der Waals surface area (Å²) >= 11 is 6.53. The molecule has 4 heterocycles. The first-order valence-electron chi connectivity index (χ1n) is 16.8. The fourth-order valence-electron chi connectivity index (χ4n) is 7.14. The van der Waals surface area contributed by atoms with Crippen molar-refractivity contribution in [1.29, 1.82) is 5.26 Å². The lowest BCUT2D eigenvalue weighted by Gasteiger charge is -2.28. The molecule has 0 radical (unpaired) electrons. The minimum Gasteiger partial charge on any atom is -0.376 e. The van der Waals surface area contributed by atoms with Gasteiger partial charge in [0.15, 0.2) is 0 Å². The van der Waals surface area contributed by atoms with Gasteiger partial charge in [-0.3, -0.25) is 14.6 Å².